The van der Waals surface area contributed by atoms with E-state index in [4.69, 9.17) is 10.2 Å². The largest absolute Gasteiger partial charge is 0.396 e. The van der Waals surface area contributed by atoms with E-state index in [-0.39, 0.29) is 6.61 Å². The summed E-state index contributed by atoms with van der Waals surface area (Å²) in [5, 5.41) is 21.2. The molecule has 0 bridgehead atoms. The normalized spacial score (nSPS) is 26.3. The number of likely N-dealkylation sites (tertiary alicyclic amines) is 1. The summed E-state index contributed by atoms with van der Waals surface area (Å²) < 4.78 is 0. The van der Waals surface area contributed by atoms with Crippen LogP contribution in [0.5, 0.6) is 0 Å². The van der Waals surface area contributed by atoms with Gasteiger partial charge >= 0.3 is 0 Å². The maximum atomic E-state index is 8.90. The van der Waals surface area contributed by atoms with Gasteiger partial charge in [-0.05, 0) is 44.7 Å². The fraction of sp³-hybridized carbons (Fsp3) is 1.00. The Morgan fingerprint density at radius 1 is 1.18 bits per heavy atom. The fourth-order valence-electron chi connectivity index (χ4n) is 2.68. The molecule has 4 nitrogen and oxygen atoms in total. The van der Waals surface area contributed by atoms with E-state index in [2.05, 4.69) is 17.1 Å². The summed E-state index contributed by atoms with van der Waals surface area (Å²) in [6.07, 6.45) is 4.10. The third-order valence-corrected chi connectivity index (χ3v) is 3.60. The first-order valence-electron chi connectivity index (χ1n) is 6.97. The number of aliphatic hydroxyl groups excluding tert-OH is 2. The van der Waals surface area contributed by atoms with E-state index in [1.165, 1.54) is 13.0 Å². The van der Waals surface area contributed by atoms with E-state index >= 15 is 0 Å². The lowest BCUT2D eigenvalue weighted by atomic mass is 9.90. The van der Waals surface area contributed by atoms with Gasteiger partial charge in [-0.15, -0.1) is 0 Å². The zero-order valence-electron chi connectivity index (χ0n) is 11.1. The van der Waals surface area contributed by atoms with Crippen LogP contribution in [0.15, 0.2) is 0 Å². The van der Waals surface area contributed by atoms with Crippen molar-refractivity contribution in [1.29, 1.82) is 0 Å². The molecule has 2 unspecified atom stereocenters. The quantitative estimate of drug-likeness (QED) is 0.542. The average molecular weight is 244 g/mol. The molecular formula is C13H28N2O2. The molecular weight excluding hydrogens is 216 g/mol. The number of rotatable bonds is 8. The Kier molecular flexibility index (Phi) is 7.77. The molecule has 1 rings (SSSR count). The molecule has 4 heteroatoms. The molecule has 102 valence electrons. The Morgan fingerprint density at radius 3 is 2.59 bits per heavy atom. The number of hydrogen-bond donors (Lipinski definition) is 3. The lowest BCUT2D eigenvalue weighted by Crippen LogP contribution is -2.49. The van der Waals surface area contributed by atoms with Gasteiger partial charge in [0.05, 0.1) is 0 Å². The number of aliphatic hydroxyl groups is 2. The van der Waals surface area contributed by atoms with E-state index < -0.39 is 0 Å². The Bertz CT molecular complexity index is 190. The Balaban J connectivity index is 2.31. The second-order valence-electron chi connectivity index (χ2n) is 5.05. The van der Waals surface area contributed by atoms with Crippen LogP contribution in [0, 0.1) is 5.92 Å². The van der Waals surface area contributed by atoms with Crippen molar-refractivity contribution in [3.63, 3.8) is 0 Å². The summed E-state index contributed by atoms with van der Waals surface area (Å²) >= 11 is 0. The molecule has 0 radical (unpaired) electrons. The molecule has 1 heterocycles. The second-order valence-corrected chi connectivity index (χ2v) is 5.05. The van der Waals surface area contributed by atoms with Gasteiger partial charge in [-0.25, -0.2) is 0 Å². The summed E-state index contributed by atoms with van der Waals surface area (Å²) in [4.78, 5) is 2.49. The van der Waals surface area contributed by atoms with Gasteiger partial charge in [-0.3, -0.25) is 0 Å². The molecule has 1 aliphatic heterocycles. The predicted molar refractivity (Wildman–Crippen MR) is 70.0 cm³/mol. The minimum absolute atomic E-state index is 0.269. The van der Waals surface area contributed by atoms with Crippen LogP contribution < -0.4 is 5.32 Å². The minimum atomic E-state index is 0.269. The maximum Gasteiger partial charge on any atom is 0.0443 e. The Morgan fingerprint density at radius 2 is 1.94 bits per heavy atom. The highest BCUT2D eigenvalue weighted by Gasteiger charge is 2.25. The lowest BCUT2D eigenvalue weighted by molar-refractivity contribution is 0.134. The van der Waals surface area contributed by atoms with Gasteiger partial charge in [0.25, 0.3) is 0 Å². The zero-order valence-corrected chi connectivity index (χ0v) is 11.1. The van der Waals surface area contributed by atoms with E-state index in [9.17, 15) is 0 Å². The Labute approximate surface area is 105 Å². The van der Waals surface area contributed by atoms with Crippen LogP contribution in [-0.4, -0.2) is 60.5 Å². The van der Waals surface area contributed by atoms with Crippen LogP contribution in [0.3, 0.4) is 0 Å². The van der Waals surface area contributed by atoms with E-state index in [1.807, 2.05) is 0 Å². The third kappa shape index (κ3) is 5.82. The highest BCUT2D eigenvalue weighted by molar-refractivity contribution is 4.83. The van der Waals surface area contributed by atoms with Gasteiger partial charge in [-0.2, -0.15) is 0 Å². The molecule has 2 atom stereocenters. The molecule has 3 N–H and O–H groups in total. The molecule has 0 aliphatic carbocycles. The van der Waals surface area contributed by atoms with E-state index in [0.717, 1.165) is 38.9 Å². The highest BCUT2D eigenvalue weighted by Crippen LogP contribution is 2.21. The second kappa shape index (κ2) is 8.86. The number of nitrogens with one attached hydrogen (secondary N) is 1. The monoisotopic (exact) mass is 244 g/mol. The average Bonchev–Trinajstić information content (AvgIpc) is 2.36. The van der Waals surface area contributed by atoms with Gasteiger partial charge < -0.3 is 20.4 Å². The topological polar surface area (TPSA) is 55.7 Å². The zero-order chi connectivity index (χ0) is 12.5. The molecule has 0 aromatic heterocycles. The summed E-state index contributed by atoms with van der Waals surface area (Å²) in [6, 6.07) is 0.555. The molecule has 0 amide bonds. The summed E-state index contributed by atoms with van der Waals surface area (Å²) in [6.45, 7) is 7.10. The number of likely N-dealkylation sites (N-methyl/N-ethyl adjacent to an activating group) is 1. The van der Waals surface area contributed by atoms with Crippen LogP contribution in [0.1, 0.15) is 32.6 Å². The van der Waals surface area contributed by atoms with Gasteiger partial charge in [0.15, 0.2) is 0 Å². The lowest BCUT2D eigenvalue weighted by Gasteiger charge is -2.37. The van der Waals surface area contributed by atoms with Crippen molar-refractivity contribution in [1.82, 2.24) is 10.2 Å². The van der Waals surface area contributed by atoms with Crippen molar-refractivity contribution >= 4 is 0 Å². The number of piperidine rings is 1. The third-order valence-electron chi connectivity index (χ3n) is 3.60. The number of hydrogen-bond acceptors (Lipinski definition) is 4. The Hall–Kier alpha value is -0.160. The molecule has 0 spiro atoms. The van der Waals surface area contributed by atoms with Gasteiger partial charge in [0.1, 0.15) is 0 Å². The van der Waals surface area contributed by atoms with Gasteiger partial charge in [0.2, 0.25) is 0 Å². The predicted octanol–water partition coefficient (Wildman–Crippen LogP) is 0.441. The van der Waals surface area contributed by atoms with Crippen molar-refractivity contribution < 1.29 is 10.2 Å². The first kappa shape index (κ1) is 14.9. The number of nitrogens with zero attached hydrogens (tertiary/aromatic N) is 1. The molecule has 1 saturated heterocycles. The molecule has 1 aliphatic rings. The van der Waals surface area contributed by atoms with Crippen molar-refractivity contribution in [3.05, 3.63) is 0 Å². The van der Waals surface area contributed by atoms with Crippen LogP contribution in [0.25, 0.3) is 0 Å². The van der Waals surface area contributed by atoms with Gasteiger partial charge in [-0.1, -0.05) is 6.92 Å². The van der Waals surface area contributed by atoms with E-state index in [1.54, 1.807) is 0 Å². The highest BCUT2D eigenvalue weighted by atomic mass is 16.3. The standard InChI is InChI=1S/C13H28N2O2/c1-2-15-10-12(5-3-7-16)9-13(11-15)14-6-4-8-17/h12-14,16-17H,2-11H2,1H3. The molecule has 0 aromatic carbocycles. The van der Waals surface area contributed by atoms with Crippen molar-refractivity contribution in [3.8, 4) is 0 Å². The van der Waals surface area contributed by atoms with Crippen LogP contribution >= 0.6 is 0 Å². The first-order chi connectivity index (χ1) is 8.30. The van der Waals surface area contributed by atoms with Crippen LogP contribution in [0.4, 0.5) is 0 Å². The first-order valence-corrected chi connectivity index (χ1v) is 6.97. The fourth-order valence-corrected chi connectivity index (χ4v) is 2.68. The molecule has 0 saturated carbocycles. The SMILES string of the molecule is CCN1CC(CCCO)CC(NCCCO)C1. The minimum Gasteiger partial charge on any atom is -0.396 e. The van der Waals surface area contributed by atoms with Gasteiger partial charge in [0, 0.05) is 32.3 Å². The van der Waals surface area contributed by atoms with Crippen molar-refractivity contribution in [2.45, 2.75) is 38.6 Å². The summed E-state index contributed by atoms with van der Waals surface area (Å²) in [5.41, 5.74) is 0. The molecule has 1 fully saturated rings. The van der Waals surface area contributed by atoms with Crippen LogP contribution in [-0.2, 0) is 0 Å². The van der Waals surface area contributed by atoms with E-state index in [0.29, 0.717) is 18.6 Å². The summed E-state index contributed by atoms with van der Waals surface area (Å²) in [7, 11) is 0. The smallest absolute Gasteiger partial charge is 0.0443 e. The van der Waals surface area contributed by atoms with Crippen LogP contribution in [0.2, 0.25) is 0 Å². The summed E-state index contributed by atoms with van der Waals surface area (Å²) in [5.74, 6) is 0.711. The van der Waals surface area contributed by atoms with Crippen molar-refractivity contribution in [2.75, 3.05) is 39.4 Å². The molecule has 0 aromatic rings. The molecule has 17 heavy (non-hydrogen) atoms. The maximum absolute atomic E-state index is 8.90. The van der Waals surface area contributed by atoms with Crippen molar-refractivity contribution in [2.24, 2.45) is 5.92 Å².